The van der Waals surface area contributed by atoms with Crippen molar-refractivity contribution in [1.29, 1.82) is 0 Å². The highest BCUT2D eigenvalue weighted by atomic mass is 32.1. The zero-order chi connectivity index (χ0) is 42.0. The Kier molecular flexibility index (Phi) is 11.1. The van der Waals surface area contributed by atoms with Gasteiger partial charge in [-0.05, 0) is 76.3 Å². The maximum Gasteiger partial charge on any atom is 0.408 e. The van der Waals surface area contributed by atoms with E-state index in [-0.39, 0.29) is 29.7 Å². The molecule has 57 heavy (non-hydrogen) atoms. The summed E-state index contributed by atoms with van der Waals surface area (Å²) in [5.41, 5.74) is -7.88. The number of Topliss-reactive ketones (excluding diaryl/α,β-unsaturated/α-hetero) is 1. The van der Waals surface area contributed by atoms with E-state index in [1.807, 2.05) is 0 Å². The minimum absolute atomic E-state index is 0.0227. The fourth-order valence-electron chi connectivity index (χ4n) is 9.50. The number of amides is 1. The van der Waals surface area contributed by atoms with Crippen molar-refractivity contribution in [2.45, 2.75) is 129 Å². The molecule has 3 fully saturated rings. The molecule has 6 rings (SSSR count). The molecule has 1 aromatic carbocycles. The number of benzene rings is 1. The van der Waals surface area contributed by atoms with Crippen LogP contribution in [0.4, 0.5) is 4.79 Å². The van der Waals surface area contributed by atoms with Crippen molar-refractivity contribution in [2.24, 2.45) is 22.7 Å². The number of carbonyl (C=O) groups excluding carboxylic acids is 5. The molecular weight excluding hydrogens is 759 g/mol. The maximum absolute atomic E-state index is 15.0. The lowest BCUT2D eigenvalue weighted by atomic mass is 9.44. The number of hydrogen-bond donors (Lipinski definition) is 4. The number of aliphatic hydroxyl groups is 3. The van der Waals surface area contributed by atoms with Crippen molar-refractivity contribution in [2.75, 3.05) is 6.61 Å². The molecule has 1 saturated heterocycles. The number of rotatable bonds is 8. The van der Waals surface area contributed by atoms with Crippen LogP contribution in [0, 0.1) is 22.7 Å². The van der Waals surface area contributed by atoms with Gasteiger partial charge in [-0.2, -0.15) is 0 Å². The van der Waals surface area contributed by atoms with Crippen molar-refractivity contribution < 1.29 is 63.0 Å². The molecule has 2 unspecified atom stereocenters. The van der Waals surface area contributed by atoms with Gasteiger partial charge in [0.05, 0.1) is 41.6 Å². The molecule has 11 atom stereocenters. The minimum Gasteiger partial charge on any atom is -0.457 e. The molecule has 14 nitrogen and oxygen atoms in total. The average Bonchev–Trinajstić information content (AvgIpc) is 3.66. The molecule has 1 amide bonds. The number of carbonyl (C=O) groups is 5. The van der Waals surface area contributed by atoms with E-state index >= 15 is 0 Å². The van der Waals surface area contributed by atoms with Crippen LogP contribution in [0.25, 0.3) is 0 Å². The first kappa shape index (κ1) is 42.5. The van der Waals surface area contributed by atoms with E-state index in [0.717, 1.165) is 0 Å². The normalized spacial score (nSPS) is 34.1. The third-order valence-corrected chi connectivity index (χ3v) is 13.5. The highest BCUT2D eigenvalue weighted by Gasteiger charge is 2.78. The van der Waals surface area contributed by atoms with Crippen LogP contribution in [0.2, 0.25) is 0 Å². The summed E-state index contributed by atoms with van der Waals surface area (Å²) in [7, 11) is 0. The molecule has 3 aliphatic carbocycles. The van der Waals surface area contributed by atoms with E-state index in [1.54, 1.807) is 84.2 Å². The lowest BCUT2D eigenvalue weighted by molar-refractivity contribution is -0.346. The van der Waals surface area contributed by atoms with Crippen LogP contribution < -0.4 is 5.32 Å². The van der Waals surface area contributed by atoms with Crippen LogP contribution in [0.15, 0.2) is 59.0 Å². The Labute approximate surface area is 335 Å². The Morgan fingerprint density at radius 1 is 1.02 bits per heavy atom. The van der Waals surface area contributed by atoms with Gasteiger partial charge in [0.15, 0.2) is 11.4 Å². The zero-order valence-electron chi connectivity index (χ0n) is 33.7. The first-order chi connectivity index (χ1) is 26.5. The Balaban J connectivity index is 1.48. The van der Waals surface area contributed by atoms with E-state index in [2.05, 4.69) is 5.32 Å². The van der Waals surface area contributed by atoms with Crippen molar-refractivity contribution >= 4 is 41.1 Å². The average molecular weight is 812 g/mol. The number of nitrogens with one attached hydrogen (secondary N) is 1. The summed E-state index contributed by atoms with van der Waals surface area (Å²) in [5.74, 6) is -5.74. The first-order valence-electron chi connectivity index (χ1n) is 19.1. The topological polar surface area (TPSA) is 204 Å². The summed E-state index contributed by atoms with van der Waals surface area (Å²) in [6.45, 7) is 13.8. The second-order valence-corrected chi connectivity index (χ2v) is 18.5. The molecule has 1 aromatic heterocycles. The van der Waals surface area contributed by atoms with Gasteiger partial charge < -0.3 is 44.3 Å². The summed E-state index contributed by atoms with van der Waals surface area (Å²) < 4.78 is 29.9. The van der Waals surface area contributed by atoms with Gasteiger partial charge in [-0.3, -0.25) is 14.4 Å². The molecule has 1 aliphatic heterocycles. The Morgan fingerprint density at radius 3 is 2.25 bits per heavy atom. The number of alkyl carbamates (subject to hydrolysis) is 1. The van der Waals surface area contributed by atoms with E-state index in [4.69, 9.17) is 23.7 Å². The molecule has 2 bridgehead atoms. The molecular formula is C42H53NO13S. The summed E-state index contributed by atoms with van der Waals surface area (Å²) >= 11 is 1.31. The Hall–Kier alpha value is -4.15. The standard InChI is InChI=1S/C42H53NO13S/c1-21-25(53-35(48)22(2)30(26-16-13-17-57-26)43-37(50)56-38(4,5)6)19-42(51)34(54-36(49)24-14-11-10-12-15-24)32-40(9,33(47)31(46)29(21)39(42,7)8)27(45)18-28-41(32,20-52-28)55-23(3)44/h10-17,22,25,27-28,30-32,34,45-46,51H,18-20H2,1-9H3,(H,43,50)/t22-,25+,27+,28-,30-,31-,32?,34?,40-,41+,42-/m1/s1. The van der Waals surface area contributed by atoms with Crippen LogP contribution in [-0.2, 0) is 38.1 Å². The molecule has 2 aromatic rings. The molecule has 0 radical (unpaired) electrons. The fourth-order valence-corrected chi connectivity index (χ4v) is 10.4. The Bertz CT molecular complexity index is 1940. The van der Waals surface area contributed by atoms with Crippen LogP contribution >= 0.6 is 11.3 Å². The highest BCUT2D eigenvalue weighted by molar-refractivity contribution is 7.10. The van der Waals surface area contributed by atoms with E-state index in [1.165, 1.54) is 37.3 Å². The number of fused-ring (bicyclic) bond motifs is 5. The summed E-state index contributed by atoms with van der Waals surface area (Å²) in [6.07, 6.45) is -8.73. The molecule has 4 aliphatic rings. The van der Waals surface area contributed by atoms with Crippen LogP contribution in [0.3, 0.4) is 0 Å². The number of ketones is 1. The predicted octanol–water partition coefficient (Wildman–Crippen LogP) is 4.60. The number of hydrogen-bond acceptors (Lipinski definition) is 14. The van der Waals surface area contributed by atoms with Gasteiger partial charge >= 0.3 is 24.0 Å². The molecule has 310 valence electrons. The van der Waals surface area contributed by atoms with Crippen molar-refractivity contribution in [3.63, 3.8) is 0 Å². The molecule has 0 spiro atoms. The van der Waals surface area contributed by atoms with Gasteiger partial charge in [0.25, 0.3) is 0 Å². The van der Waals surface area contributed by atoms with Gasteiger partial charge in [-0.15, -0.1) is 11.3 Å². The number of ether oxygens (including phenoxy) is 5. The van der Waals surface area contributed by atoms with Crippen molar-refractivity contribution in [1.82, 2.24) is 5.32 Å². The molecule has 2 heterocycles. The molecule has 2 saturated carbocycles. The smallest absolute Gasteiger partial charge is 0.408 e. The highest BCUT2D eigenvalue weighted by Crippen LogP contribution is 2.64. The third kappa shape index (κ3) is 7.09. The lowest BCUT2D eigenvalue weighted by Gasteiger charge is -2.67. The quantitative estimate of drug-likeness (QED) is 0.164. The third-order valence-electron chi connectivity index (χ3n) is 12.6. The van der Waals surface area contributed by atoms with Gasteiger partial charge in [-0.1, -0.05) is 38.1 Å². The van der Waals surface area contributed by atoms with Crippen LogP contribution in [-0.4, -0.2) is 99.0 Å². The summed E-state index contributed by atoms with van der Waals surface area (Å²) in [4.78, 5) is 69.8. The summed E-state index contributed by atoms with van der Waals surface area (Å²) in [5, 5.41) is 42.1. The molecule has 15 heteroatoms. The maximum atomic E-state index is 15.0. The molecule has 4 N–H and O–H groups in total. The Morgan fingerprint density at radius 2 is 1.68 bits per heavy atom. The minimum atomic E-state index is -2.26. The number of thiophene rings is 1. The van der Waals surface area contributed by atoms with Crippen molar-refractivity contribution in [3.8, 4) is 0 Å². The second-order valence-electron chi connectivity index (χ2n) is 17.5. The van der Waals surface area contributed by atoms with Crippen LogP contribution in [0.1, 0.15) is 96.4 Å². The van der Waals surface area contributed by atoms with Gasteiger partial charge in [0.2, 0.25) is 0 Å². The predicted molar refractivity (Wildman–Crippen MR) is 205 cm³/mol. The largest absolute Gasteiger partial charge is 0.457 e. The first-order valence-corrected chi connectivity index (χ1v) is 20.0. The van der Waals surface area contributed by atoms with E-state index < -0.39 is 112 Å². The van der Waals surface area contributed by atoms with E-state index in [9.17, 15) is 39.3 Å². The van der Waals surface area contributed by atoms with Gasteiger partial charge in [-0.25, -0.2) is 9.59 Å². The van der Waals surface area contributed by atoms with E-state index in [0.29, 0.717) is 4.88 Å². The second kappa shape index (κ2) is 14.9. The number of esters is 3. The monoisotopic (exact) mass is 811 g/mol. The van der Waals surface area contributed by atoms with Crippen LogP contribution in [0.5, 0.6) is 0 Å². The zero-order valence-corrected chi connectivity index (χ0v) is 34.5. The van der Waals surface area contributed by atoms with Gasteiger partial charge in [0, 0.05) is 30.1 Å². The lowest BCUT2D eigenvalue weighted by Crippen LogP contribution is -2.81. The fraction of sp³-hybridized carbons (Fsp3) is 0.595. The number of aliphatic hydroxyl groups excluding tert-OH is 2. The summed E-state index contributed by atoms with van der Waals surface area (Å²) in [6, 6.07) is 10.6. The van der Waals surface area contributed by atoms with Crippen molar-refractivity contribution in [3.05, 3.63) is 69.4 Å². The SMILES string of the molecule is CC(=O)O[C@@]12CO[C@@H]1C[C@H](O)[C@@]1(C)C(=O)[C@H](O)C3=C(C)[C@@H](OC(=O)[C@H](C)[C@@H](NC(=O)OC(C)(C)C)c4cccs4)C[C@@](O)(C(OC(=O)c4ccccc4)C12)C3(C)C. The van der Waals surface area contributed by atoms with Gasteiger partial charge in [0.1, 0.15) is 35.6 Å².